The van der Waals surface area contributed by atoms with Crippen LogP contribution >= 0.6 is 11.6 Å². The number of nitrogens with zero attached hydrogens (tertiary/aromatic N) is 5. The quantitative estimate of drug-likeness (QED) is 0.317. The number of rotatable bonds is 5. The Bertz CT molecular complexity index is 1520. The highest BCUT2D eigenvalue weighted by Crippen LogP contribution is 2.38. The van der Waals surface area contributed by atoms with Crippen LogP contribution in [0.4, 0.5) is 4.79 Å². The van der Waals surface area contributed by atoms with Gasteiger partial charge in [0, 0.05) is 62.4 Å². The molecule has 3 aromatic rings. The SMILES string of the molecule is CC1CCC(Cn2cccc2)CN1C(=O)[C@H]1CN([C@H]2c3ccc(Cl)cc3CCc3cccnc32)CCN1C(=O)OC1CCCCC1. The van der Waals surface area contributed by atoms with E-state index < -0.39 is 6.04 Å². The number of halogens is 1. The lowest BCUT2D eigenvalue weighted by Crippen LogP contribution is -2.63. The first-order valence-corrected chi connectivity index (χ1v) is 17.7. The van der Waals surface area contributed by atoms with Gasteiger partial charge in [0.1, 0.15) is 12.1 Å². The van der Waals surface area contributed by atoms with Crippen molar-refractivity contribution in [2.45, 2.75) is 95.5 Å². The normalized spacial score (nSPS) is 25.8. The molecule has 0 spiro atoms. The minimum absolute atomic E-state index is 0.0289. The van der Waals surface area contributed by atoms with Crippen molar-refractivity contribution in [3.63, 3.8) is 0 Å². The maximum atomic E-state index is 14.8. The summed E-state index contributed by atoms with van der Waals surface area (Å²) >= 11 is 6.49. The Morgan fingerprint density at radius 3 is 2.54 bits per heavy atom. The number of carbonyl (C=O) groups is 2. The number of benzene rings is 1. The number of ether oxygens (including phenoxy) is 1. The molecule has 1 saturated carbocycles. The molecule has 2 aromatic heterocycles. The first-order chi connectivity index (χ1) is 22.4. The highest BCUT2D eigenvalue weighted by Gasteiger charge is 2.44. The summed E-state index contributed by atoms with van der Waals surface area (Å²) in [6.45, 7) is 5.21. The van der Waals surface area contributed by atoms with E-state index in [4.69, 9.17) is 21.3 Å². The molecule has 4 aliphatic rings. The van der Waals surface area contributed by atoms with Crippen LogP contribution in [0.5, 0.6) is 0 Å². The molecule has 0 radical (unpaired) electrons. The summed E-state index contributed by atoms with van der Waals surface area (Å²) in [6, 6.07) is 13.8. The van der Waals surface area contributed by atoms with Crippen LogP contribution in [0.1, 0.15) is 80.3 Å². The number of likely N-dealkylation sites (tertiary alicyclic amines) is 1. The second kappa shape index (κ2) is 13.8. The number of amides is 2. The molecule has 2 aliphatic carbocycles. The van der Waals surface area contributed by atoms with Gasteiger partial charge in [-0.25, -0.2) is 4.79 Å². The topological polar surface area (TPSA) is 70.9 Å². The standard InChI is InChI=1S/C37H46ClN5O3/c1-26-11-12-27(23-40-18-5-6-19-40)24-43(26)36(44)33-25-41(20-21-42(33)37(45)46-31-9-3-2-4-10-31)35-32-16-15-30(38)22-29(32)14-13-28-8-7-17-39-34(28)35/h5-8,15-19,22,26-27,31,33,35H,2-4,9-14,20-21,23-25H2,1H3/t26?,27?,33-,35+/m1/s1. The van der Waals surface area contributed by atoms with E-state index in [1.54, 1.807) is 4.90 Å². The fourth-order valence-electron chi connectivity index (χ4n) is 8.23. The molecule has 46 heavy (non-hydrogen) atoms. The van der Waals surface area contributed by atoms with E-state index in [9.17, 15) is 9.59 Å². The minimum Gasteiger partial charge on any atom is -0.446 e. The minimum atomic E-state index is -0.635. The zero-order chi connectivity index (χ0) is 31.6. The van der Waals surface area contributed by atoms with E-state index in [2.05, 4.69) is 51.9 Å². The first kappa shape index (κ1) is 31.3. The van der Waals surface area contributed by atoms with Crippen molar-refractivity contribution in [1.29, 1.82) is 0 Å². The molecule has 0 N–H and O–H groups in total. The molecule has 8 nitrogen and oxygen atoms in total. The van der Waals surface area contributed by atoms with Gasteiger partial charge in [0.2, 0.25) is 5.91 Å². The van der Waals surface area contributed by atoms with Gasteiger partial charge >= 0.3 is 6.09 Å². The lowest BCUT2D eigenvalue weighted by Gasteiger charge is -2.47. The second-order valence-corrected chi connectivity index (χ2v) is 14.2. The van der Waals surface area contributed by atoms with E-state index in [0.29, 0.717) is 32.1 Å². The van der Waals surface area contributed by atoms with Crippen LogP contribution < -0.4 is 0 Å². The van der Waals surface area contributed by atoms with Crippen LogP contribution in [0.3, 0.4) is 0 Å². The second-order valence-electron chi connectivity index (χ2n) is 13.8. The van der Waals surface area contributed by atoms with E-state index in [-0.39, 0.29) is 30.2 Å². The highest BCUT2D eigenvalue weighted by atomic mass is 35.5. The van der Waals surface area contributed by atoms with Gasteiger partial charge < -0.3 is 14.2 Å². The van der Waals surface area contributed by atoms with Gasteiger partial charge in [0.15, 0.2) is 0 Å². The lowest BCUT2D eigenvalue weighted by molar-refractivity contribution is -0.144. The highest BCUT2D eigenvalue weighted by molar-refractivity contribution is 6.30. The summed E-state index contributed by atoms with van der Waals surface area (Å²) in [5.74, 6) is 0.394. The first-order valence-electron chi connectivity index (χ1n) is 17.3. The molecule has 244 valence electrons. The fourth-order valence-corrected chi connectivity index (χ4v) is 8.43. The van der Waals surface area contributed by atoms with E-state index in [1.807, 2.05) is 30.5 Å². The maximum Gasteiger partial charge on any atom is 0.410 e. The molecule has 2 unspecified atom stereocenters. The van der Waals surface area contributed by atoms with Gasteiger partial charge in [-0.2, -0.15) is 0 Å². The van der Waals surface area contributed by atoms with Crippen molar-refractivity contribution in [3.8, 4) is 0 Å². The monoisotopic (exact) mass is 643 g/mol. The molecule has 2 aliphatic heterocycles. The number of pyridine rings is 1. The van der Waals surface area contributed by atoms with E-state index in [1.165, 1.54) is 23.1 Å². The van der Waals surface area contributed by atoms with Crippen LogP contribution in [0.2, 0.25) is 5.02 Å². The third kappa shape index (κ3) is 6.56. The molecule has 9 heteroatoms. The fraction of sp³-hybridized carbons (Fsp3) is 0.541. The molecule has 4 heterocycles. The number of hydrogen-bond donors (Lipinski definition) is 0. The van der Waals surface area contributed by atoms with Crippen LogP contribution in [-0.2, 0) is 28.9 Å². The summed E-state index contributed by atoms with van der Waals surface area (Å²) in [5.41, 5.74) is 4.66. The average molecular weight is 644 g/mol. The van der Waals surface area contributed by atoms with Crippen molar-refractivity contribution in [2.75, 3.05) is 26.2 Å². The third-order valence-corrected chi connectivity index (χ3v) is 11.0. The summed E-state index contributed by atoms with van der Waals surface area (Å²) in [7, 11) is 0. The molecule has 4 atom stereocenters. The number of aryl methyl sites for hydroxylation is 2. The van der Waals surface area contributed by atoms with Crippen LogP contribution in [0.25, 0.3) is 0 Å². The van der Waals surface area contributed by atoms with Gasteiger partial charge in [-0.1, -0.05) is 30.2 Å². The molecule has 2 amide bonds. The van der Waals surface area contributed by atoms with Crippen molar-refractivity contribution in [1.82, 2.24) is 24.3 Å². The Hall–Kier alpha value is -3.36. The van der Waals surface area contributed by atoms with Crippen LogP contribution in [-0.4, -0.2) is 80.6 Å². The van der Waals surface area contributed by atoms with Gasteiger partial charge in [0.25, 0.3) is 0 Å². The Kier molecular flexibility index (Phi) is 9.36. The summed E-state index contributed by atoms with van der Waals surface area (Å²) in [4.78, 5) is 39.7. The predicted molar refractivity (Wildman–Crippen MR) is 179 cm³/mol. The van der Waals surface area contributed by atoms with E-state index in [0.717, 1.165) is 68.6 Å². The van der Waals surface area contributed by atoms with Gasteiger partial charge in [-0.3, -0.25) is 19.6 Å². The number of fused-ring (bicyclic) bond motifs is 2. The summed E-state index contributed by atoms with van der Waals surface area (Å²) < 4.78 is 8.32. The van der Waals surface area contributed by atoms with Gasteiger partial charge in [-0.05, 0) is 111 Å². The van der Waals surface area contributed by atoms with Crippen molar-refractivity contribution in [2.24, 2.45) is 5.92 Å². The Balaban J connectivity index is 1.20. The number of aromatic nitrogens is 2. The number of hydrogen-bond acceptors (Lipinski definition) is 5. The third-order valence-electron chi connectivity index (χ3n) is 10.8. The smallest absolute Gasteiger partial charge is 0.410 e. The zero-order valence-electron chi connectivity index (χ0n) is 26.9. The maximum absolute atomic E-state index is 14.8. The van der Waals surface area contributed by atoms with Crippen molar-refractivity contribution < 1.29 is 14.3 Å². The van der Waals surface area contributed by atoms with Crippen molar-refractivity contribution in [3.05, 3.63) is 88.5 Å². The molecule has 7 rings (SSSR count). The number of carbonyl (C=O) groups excluding carboxylic acids is 2. The predicted octanol–water partition coefficient (Wildman–Crippen LogP) is 6.51. The van der Waals surface area contributed by atoms with Gasteiger partial charge in [-0.15, -0.1) is 0 Å². The largest absolute Gasteiger partial charge is 0.446 e. The molecular weight excluding hydrogens is 598 g/mol. The Morgan fingerprint density at radius 2 is 1.72 bits per heavy atom. The average Bonchev–Trinajstić information content (AvgIpc) is 3.53. The number of piperidine rings is 1. The van der Waals surface area contributed by atoms with Gasteiger partial charge in [0.05, 0.1) is 11.7 Å². The lowest BCUT2D eigenvalue weighted by atomic mass is 9.91. The van der Waals surface area contributed by atoms with E-state index >= 15 is 0 Å². The molecule has 2 saturated heterocycles. The molecular formula is C37H46ClN5O3. The number of piperazine rings is 1. The Morgan fingerprint density at radius 1 is 0.913 bits per heavy atom. The Labute approximate surface area is 277 Å². The van der Waals surface area contributed by atoms with Crippen molar-refractivity contribution >= 4 is 23.6 Å². The van der Waals surface area contributed by atoms with Crippen LogP contribution in [0.15, 0.2) is 61.1 Å². The molecule has 0 bridgehead atoms. The zero-order valence-corrected chi connectivity index (χ0v) is 27.7. The van der Waals surface area contributed by atoms with Crippen LogP contribution in [0, 0.1) is 5.92 Å². The molecule has 1 aromatic carbocycles. The summed E-state index contributed by atoms with van der Waals surface area (Å²) in [5, 5.41) is 0.730. The molecule has 3 fully saturated rings. The summed E-state index contributed by atoms with van der Waals surface area (Å²) in [6.07, 6.45) is 14.6.